The molecule has 8 nitrogen and oxygen atoms in total. The third kappa shape index (κ3) is 5.30. The van der Waals surface area contributed by atoms with E-state index in [0.717, 1.165) is 43.0 Å². The lowest BCUT2D eigenvalue weighted by Gasteiger charge is -2.36. The Morgan fingerprint density at radius 1 is 1.09 bits per heavy atom. The van der Waals surface area contributed by atoms with Gasteiger partial charge < -0.3 is 24.9 Å². The highest BCUT2D eigenvalue weighted by Crippen LogP contribution is 2.27. The summed E-state index contributed by atoms with van der Waals surface area (Å²) in [5.74, 6) is 1.42. The van der Waals surface area contributed by atoms with Crippen LogP contribution in [-0.2, 0) is 11.3 Å². The van der Waals surface area contributed by atoms with Crippen LogP contribution in [0.3, 0.4) is 0 Å². The van der Waals surface area contributed by atoms with Gasteiger partial charge in [-0.05, 0) is 49.6 Å². The van der Waals surface area contributed by atoms with Gasteiger partial charge in [-0.25, -0.2) is 4.99 Å². The summed E-state index contributed by atoms with van der Waals surface area (Å²) >= 11 is 0. The van der Waals surface area contributed by atoms with Crippen molar-refractivity contribution in [3.05, 3.63) is 54.0 Å². The third-order valence-corrected chi connectivity index (χ3v) is 6.02. The number of piperazine rings is 1. The average molecular weight is 438 g/mol. The summed E-state index contributed by atoms with van der Waals surface area (Å²) in [7, 11) is 0. The van der Waals surface area contributed by atoms with Gasteiger partial charge >= 0.3 is 0 Å². The lowest BCUT2D eigenvalue weighted by molar-refractivity contribution is -0.122. The van der Waals surface area contributed by atoms with E-state index >= 15 is 0 Å². The fourth-order valence-electron chi connectivity index (χ4n) is 3.93. The van der Waals surface area contributed by atoms with E-state index in [2.05, 4.69) is 15.5 Å². The minimum atomic E-state index is -0.0719. The number of aliphatic imine (C=N–C) groups is 1. The van der Waals surface area contributed by atoms with Crippen molar-refractivity contribution in [3.63, 3.8) is 0 Å². The van der Waals surface area contributed by atoms with Gasteiger partial charge in [-0.2, -0.15) is 0 Å². The van der Waals surface area contributed by atoms with Crippen LogP contribution in [0.4, 0.5) is 5.69 Å². The van der Waals surface area contributed by atoms with Crippen LogP contribution in [-0.4, -0.2) is 60.3 Å². The molecule has 1 aromatic carbocycles. The van der Waals surface area contributed by atoms with Crippen molar-refractivity contribution in [2.75, 3.05) is 38.0 Å². The number of anilines is 1. The second-order valence-electron chi connectivity index (χ2n) is 8.24. The van der Waals surface area contributed by atoms with E-state index in [-0.39, 0.29) is 17.7 Å². The Labute approximate surface area is 188 Å². The minimum absolute atomic E-state index is 0.0719. The van der Waals surface area contributed by atoms with Crippen molar-refractivity contribution in [2.45, 2.75) is 32.7 Å². The fourth-order valence-corrected chi connectivity index (χ4v) is 3.93. The smallest absolute Gasteiger partial charge is 0.289 e. The molecular weight excluding hydrogens is 406 g/mol. The first-order valence-electron chi connectivity index (χ1n) is 11.4. The number of carbonyl (C=O) groups is 2. The van der Waals surface area contributed by atoms with E-state index < -0.39 is 0 Å². The van der Waals surface area contributed by atoms with Crippen molar-refractivity contribution in [2.24, 2.45) is 10.9 Å². The summed E-state index contributed by atoms with van der Waals surface area (Å²) in [5.41, 5.74) is 1.86. The van der Waals surface area contributed by atoms with Crippen LogP contribution < -0.4 is 10.6 Å². The Hall–Kier alpha value is -3.29. The van der Waals surface area contributed by atoms with Crippen LogP contribution in [0.1, 0.15) is 42.3 Å². The molecule has 1 aliphatic heterocycles. The maximum absolute atomic E-state index is 12.5. The Morgan fingerprint density at radius 3 is 2.53 bits per heavy atom. The van der Waals surface area contributed by atoms with Gasteiger partial charge in [-0.1, -0.05) is 18.6 Å². The molecule has 0 spiro atoms. The summed E-state index contributed by atoms with van der Waals surface area (Å²) in [6, 6.07) is 11.3. The number of rotatable bonds is 6. The number of furan rings is 1. The van der Waals surface area contributed by atoms with E-state index in [9.17, 15) is 9.59 Å². The van der Waals surface area contributed by atoms with Crippen LogP contribution in [0, 0.1) is 5.92 Å². The standard InChI is InChI=1S/C24H31N5O3/c1-2-25-24(29-13-11-28(12-14-29)23(31)21-10-5-15-32-21)26-17-18-6-3-9-20(16-18)27-22(30)19-7-4-8-19/h3,5-6,9-10,15-16,19H,2,4,7-8,11-14,17H2,1H3,(H,25,26)(H,27,30). The van der Waals surface area contributed by atoms with Gasteiger partial charge in [0, 0.05) is 44.3 Å². The summed E-state index contributed by atoms with van der Waals surface area (Å²) in [5, 5.41) is 6.38. The molecule has 2 N–H and O–H groups in total. The monoisotopic (exact) mass is 437 g/mol. The van der Waals surface area contributed by atoms with Crippen molar-refractivity contribution < 1.29 is 14.0 Å². The van der Waals surface area contributed by atoms with E-state index in [1.165, 1.54) is 6.26 Å². The van der Waals surface area contributed by atoms with Crippen LogP contribution in [0.5, 0.6) is 0 Å². The summed E-state index contributed by atoms with van der Waals surface area (Å²) in [4.78, 5) is 33.5. The Balaban J connectivity index is 1.34. The maximum Gasteiger partial charge on any atom is 0.289 e. The molecule has 1 saturated heterocycles. The SMILES string of the molecule is CCNC(=NCc1cccc(NC(=O)C2CCC2)c1)N1CCN(C(=O)c2ccco2)CC1. The van der Waals surface area contributed by atoms with Gasteiger partial charge in [0.25, 0.3) is 5.91 Å². The molecule has 2 amide bonds. The van der Waals surface area contributed by atoms with E-state index in [0.29, 0.717) is 38.5 Å². The van der Waals surface area contributed by atoms with Gasteiger partial charge in [0.1, 0.15) is 0 Å². The zero-order chi connectivity index (χ0) is 22.3. The first-order chi connectivity index (χ1) is 15.6. The Kier molecular flexibility index (Phi) is 7.09. The highest BCUT2D eigenvalue weighted by molar-refractivity contribution is 5.93. The number of nitrogens with zero attached hydrogens (tertiary/aromatic N) is 3. The second kappa shape index (κ2) is 10.3. The number of carbonyl (C=O) groups excluding carboxylic acids is 2. The molecule has 4 rings (SSSR count). The summed E-state index contributed by atoms with van der Waals surface area (Å²) < 4.78 is 5.24. The minimum Gasteiger partial charge on any atom is -0.459 e. The highest BCUT2D eigenvalue weighted by atomic mass is 16.3. The van der Waals surface area contributed by atoms with Crippen LogP contribution >= 0.6 is 0 Å². The number of nitrogens with one attached hydrogen (secondary N) is 2. The van der Waals surface area contributed by atoms with Crippen molar-refractivity contribution in [3.8, 4) is 0 Å². The fraction of sp³-hybridized carbons (Fsp3) is 0.458. The zero-order valence-corrected chi connectivity index (χ0v) is 18.5. The van der Waals surface area contributed by atoms with E-state index in [1.807, 2.05) is 36.1 Å². The molecule has 1 saturated carbocycles. The molecule has 2 aliphatic rings. The van der Waals surface area contributed by atoms with Crippen molar-refractivity contribution >= 4 is 23.5 Å². The second-order valence-corrected chi connectivity index (χ2v) is 8.24. The molecule has 1 aliphatic carbocycles. The predicted molar refractivity (Wildman–Crippen MR) is 123 cm³/mol. The van der Waals surface area contributed by atoms with Crippen LogP contribution in [0.2, 0.25) is 0 Å². The van der Waals surface area contributed by atoms with Gasteiger partial charge in [0.2, 0.25) is 5.91 Å². The Bertz CT molecular complexity index is 944. The molecule has 0 radical (unpaired) electrons. The van der Waals surface area contributed by atoms with Crippen LogP contribution in [0.25, 0.3) is 0 Å². The quantitative estimate of drug-likeness (QED) is 0.536. The predicted octanol–water partition coefficient (Wildman–Crippen LogP) is 2.94. The summed E-state index contributed by atoms with van der Waals surface area (Å²) in [6.07, 6.45) is 4.64. The lowest BCUT2D eigenvalue weighted by atomic mass is 9.85. The van der Waals surface area contributed by atoms with E-state index in [4.69, 9.17) is 9.41 Å². The average Bonchev–Trinajstić information content (AvgIpc) is 3.30. The number of hydrogen-bond acceptors (Lipinski definition) is 4. The van der Waals surface area contributed by atoms with Crippen molar-refractivity contribution in [1.82, 2.24) is 15.1 Å². The molecular formula is C24H31N5O3. The topological polar surface area (TPSA) is 90.2 Å². The molecule has 2 aromatic rings. The summed E-state index contributed by atoms with van der Waals surface area (Å²) in [6.45, 7) is 5.97. The normalized spacial score (nSPS) is 17.1. The van der Waals surface area contributed by atoms with Crippen molar-refractivity contribution in [1.29, 1.82) is 0 Å². The van der Waals surface area contributed by atoms with Gasteiger partial charge in [0.05, 0.1) is 12.8 Å². The molecule has 0 atom stereocenters. The number of amides is 2. The van der Waals surface area contributed by atoms with Gasteiger partial charge in [-0.3, -0.25) is 9.59 Å². The molecule has 8 heteroatoms. The third-order valence-electron chi connectivity index (χ3n) is 6.02. The van der Waals surface area contributed by atoms with Gasteiger partial charge in [-0.15, -0.1) is 0 Å². The number of benzene rings is 1. The van der Waals surface area contributed by atoms with Crippen LogP contribution in [0.15, 0.2) is 52.1 Å². The first-order valence-corrected chi connectivity index (χ1v) is 11.4. The number of hydrogen-bond donors (Lipinski definition) is 2. The van der Waals surface area contributed by atoms with E-state index in [1.54, 1.807) is 12.1 Å². The molecule has 2 heterocycles. The van der Waals surface area contributed by atoms with Gasteiger partial charge in [0.15, 0.2) is 11.7 Å². The molecule has 0 unspecified atom stereocenters. The number of guanidine groups is 1. The Morgan fingerprint density at radius 2 is 1.88 bits per heavy atom. The largest absolute Gasteiger partial charge is 0.459 e. The first kappa shape index (κ1) is 21.9. The zero-order valence-electron chi connectivity index (χ0n) is 18.5. The molecule has 170 valence electrons. The maximum atomic E-state index is 12.5. The molecule has 0 bridgehead atoms. The molecule has 1 aromatic heterocycles. The lowest BCUT2D eigenvalue weighted by Crippen LogP contribution is -2.53. The molecule has 2 fully saturated rings. The highest BCUT2D eigenvalue weighted by Gasteiger charge is 2.26. The molecule has 32 heavy (non-hydrogen) atoms.